The molecule has 0 aliphatic carbocycles. The van der Waals surface area contributed by atoms with Gasteiger partial charge in [-0.05, 0) is 34.1 Å². The molecule has 0 N–H and O–H groups in total. The molecule has 0 radical (unpaired) electrons. The maximum Gasteiger partial charge on any atom is 0.258 e. The molecule has 0 fully saturated rings. The van der Waals surface area contributed by atoms with Crippen molar-refractivity contribution in [1.29, 1.82) is 5.26 Å². The summed E-state index contributed by atoms with van der Waals surface area (Å²) in [6.45, 7) is 0. The van der Waals surface area contributed by atoms with E-state index >= 15 is 0 Å². The highest BCUT2D eigenvalue weighted by molar-refractivity contribution is 9.10. The summed E-state index contributed by atoms with van der Waals surface area (Å²) >= 11 is 4.85. The number of halogens is 1. The number of aromatic nitrogens is 1. The van der Waals surface area contributed by atoms with E-state index in [0.717, 1.165) is 9.47 Å². The van der Waals surface area contributed by atoms with E-state index in [1.54, 1.807) is 30.3 Å². The van der Waals surface area contributed by atoms with Gasteiger partial charge in [-0.15, -0.1) is 11.3 Å². The predicted octanol–water partition coefficient (Wildman–Crippen LogP) is 3.25. The van der Waals surface area contributed by atoms with Crippen LogP contribution in [0.25, 0.3) is 0 Å². The highest BCUT2D eigenvalue weighted by Gasteiger charge is 2.15. The molecule has 0 aliphatic rings. The molecule has 4 nitrogen and oxygen atoms in total. The van der Waals surface area contributed by atoms with Gasteiger partial charge in [-0.2, -0.15) is 5.26 Å². The first-order valence-corrected chi connectivity index (χ1v) is 7.13. The third-order valence-electron chi connectivity index (χ3n) is 2.51. The van der Waals surface area contributed by atoms with E-state index < -0.39 is 0 Å². The van der Waals surface area contributed by atoms with Crippen LogP contribution in [0.1, 0.15) is 16.1 Å². The summed E-state index contributed by atoms with van der Waals surface area (Å²) in [5, 5.41) is 11.4. The Morgan fingerprint density at radius 2 is 2.37 bits per heavy atom. The zero-order chi connectivity index (χ0) is 13.8. The van der Waals surface area contributed by atoms with Crippen molar-refractivity contribution in [2.24, 2.45) is 0 Å². The number of thiophene rings is 1. The normalized spacial score (nSPS) is 9.95. The highest BCUT2D eigenvalue weighted by atomic mass is 79.9. The molecule has 0 saturated carbocycles. The number of rotatable bonds is 3. The molecule has 0 aliphatic heterocycles. The number of anilines is 1. The van der Waals surface area contributed by atoms with Crippen LogP contribution in [0.15, 0.2) is 34.2 Å². The molecule has 0 atom stereocenters. The Balaban J connectivity index is 2.24. The molecule has 19 heavy (non-hydrogen) atoms. The third kappa shape index (κ3) is 3.19. The second-order valence-electron chi connectivity index (χ2n) is 3.84. The minimum absolute atomic E-state index is 0.115. The van der Waals surface area contributed by atoms with Crippen LogP contribution in [0.3, 0.4) is 0 Å². The minimum atomic E-state index is -0.115. The molecule has 2 aromatic heterocycles. The molecule has 0 spiro atoms. The van der Waals surface area contributed by atoms with E-state index in [1.807, 2.05) is 17.5 Å². The van der Waals surface area contributed by atoms with Gasteiger partial charge < -0.3 is 4.90 Å². The van der Waals surface area contributed by atoms with Crippen LogP contribution in [0.5, 0.6) is 0 Å². The largest absolute Gasteiger partial charge is 0.303 e. The van der Waals surface area contributed by atoms with E-state index in [-0.39, 0.29) is 12.3 Å². The number of hydrogen-bond donors (Lipinski definition) is 0. The fourth-order valence-electron chi connectivity index (χ4n) is 1.56. The monoisotopic (exact) mass is 335 g/mol. The Hall–Kier alpha value is -1.71. The quantitative estimate of drug-likeness (QED) is 0.865. The zero-order valence-corrected chi connectivity index (χ0v) is 12.5. The van der Waals surface area contributed by atoms with E-state index in [4.69, 9.17) is 5.26 Å². The van der Waals surface area contributed by atoms with Crippen molar-refractivity contribution in [3.05, 3.63) is 45.5 Å². The van der Waals surface area contributed by atoms with Gasteiger partial charge in [0.2, 0.25) is 0 Å². The van der Waals surface area contributed by atoms with E-state index in [0.29, 0.717) is 11.3 Å². The first-order chi connectivity index (χ1) is 9.11. The van der Waals surface area contributed by atoms with Gasteiger partial charge in [0.25, 0.3) is 5.91 Å². The van der Waals surface area contributed by atoms with Crippen molar-refractivity contribution in [3.8, 4) is 6.07 Å². The molecule has 0 unspecified atom stereocenters. The van der Waals surface area contributed by atoms with Gasteiger partial charge in [-0.25, -0.2) is 0 Å². The topological polar surface area (TPSA) is 57.0 Å². The van der Waals surface area contributed by atoms with Crippen LogP contribution < -0.4 is 4.90 Å². The fourth-order valence-corrected chi connectivity index (χ4v) is 2.95. The smallest absolute Gasteiger partial charge is 0.258 e. The summed E-state index contributed by atoms with van der Waals surface area (Å²) in [5.74, 6) is -0.115. The lowest BCUT2D eigenvalue weighted by molar-refractivity contribution is 0.0993. The lowest BCUT2D eigenvalue weighted by Crippen LogP contribution is -2.25. The fraction of sp³-hybridized carbons (Fsp3) is 0.154. The second-order valence-corrected chi connectivity index (χ2v) is 5.64. The lowest BCUT2D eigenvalue weighted by atomic mass is 10.2. The summed E-state index contributed by atoms with van der Waals surface area (Å²) in [4.78, 5) is 18.0. The molecule has 2 aromatic rings. The average Bonchev–Trinajstić information content (AvgIpc) is 2.84. The maximum absolute atomic E-state index is 12.3. The second kappa shape index (κ2) is 5.95. The zero-order valence-electron chi connectivity index (χ0n) is 10.1. The number of carbonyl (C=O) groups excluding carboxylic acids is 1. The van der Waals surface area contributed by atoms with Crippen LogP contribution in [-0.2, 0) is 6.42 Å². The van der Waals surface area contributed by atoms with E-state index in [2.05, 4.69) is 20.9 Å². The number of nitriles is 1. The van der Waals surface area contributed by atoms with Gasteiger partial charge in [-0.3, -0.25) is 9.78 Å². The number of pyridine rings is 1. The van der Waals surface area contributed by atoms with Gasteiger partial charge in [-0.1, -0.05) is 0 Å². The summed E-state index contributed by atoms with van der Waals surface area (Å²) < 4.78 is 0.951. The number of carbonyl (C=O) groups is 1. The Bertz CT molecular complexity index is 647. The molecule has 6 heteroatoms. The molecule has 0 saturated heterocycles. The van der Waals surface area contributed by atoms with Crippen molar-refractivity contribution in [3.63, 3.8) is 0 Å². The predicted molar refractivity (Wildman–Crippen MR) is 78.3 cm³/mol. The van der Waals surface area contributed by atoms with Crippen LogP contribution in [-0.4, -0.2) is 17.9 Å². The molecule has 2 heterocycles. The van der Waals surface area contributed by atoms with Crippen LogP contribution in [0.2, 0.25) is 0 Å². The van der Waals surface area contributed by atoms with E-state index in [9.17, 15) is 4.79 Å². The molecule has 0 aromatic carbocycles. The standard InChI is InChI=1S/C13H10BrN3OS/c1-17(12-7-10(14)8-19-12)13(18)9-3-5-16-11(6-9)2-4-15/h3,5-8H,2H2,1H3. The molecule has 2 rings (SSSR count). The molecule has 0 bridgehead atoms. The van der Waals surface area contributed by atoms with Gasteiger partial charge >= 0.3 is 0 Å². The highest BCUT2D eigenvalue weighted by Crippen LogP contribution is 2.28. The van der Waals surface area contributed by atoms with Crippen molar-refractivity contribution < 1.29 is 4.79 Å². The number of hydrogen-bond acceptors (Lipinski definition) is 4. The lowest BCUT2D eigenvalue weighted by Gasteiger charge is -2.15. The summed E-state index contributed by atoms with van der Waals surface area (Å²) in [7, 11) is 1.73. The van der Waals surface area contributed by atoms with Crippen molar-refractivity contribution in [1.82, 2.24) is 4.98 Å². The average molecular weight is 336 g/mol. The van der Waals surface area contributed by atoms with Crippen molar-refractivity contribution in [2.75, 3.05) is 11.9 Å². The van der Waals surface area contributed by atoms with Crippen molar-refractivity contribution in [2.45, 2.75) is 6.42 Å². The summed E-state index contributed by atoms with van der Waals surface area (Å²) in [6.07, 6.45) is 1.76. The maximum atomic E-state index is 12.3. The SMILES string of the molecule is CN(C(=O)c1ccnc(CC#N)c1)c1cc(Br)cs1. The Morgan fingerprint density at radius 1 is 1.58 bits per heavy atom. The molecule has 96 valence electrons. The van der Waals surface area contributed by atoms with Gasteiger partial charge in [0.15, 0.2) is 0 Å². The molecular weight excluding hydrogens is 326 g/mol. The number of nitrogens with zero attached hydrogens (tertiary/aromatic N) is 3. The van der Waals surface area contributed by atoms with Gasteiger partial charge in [0.1, 0.15) is 0 Å². The Morgan fingerprint density at radius 3 is 3.00 bits per heavy atom. The first kappa shape index (κ1) is 13.7. The van der Waals surface area contributed by atoms with Crippen molar-refractivity contribution >= 4 is 38.2 Å². The first-order valence-electron chi connectivity index (χ1n) is 5.46. The summed E-state index contributed by atoms with van der Waals surface area (Å²) in [5.41, 5.74) is 1.14. The van der Waals surface area contributed by atoms with Crippen LogP contribution in [0, 0.1) is 11.3 Å². The van der Waals surface area contributed by atoms with Crippen LogP contribution >= 0.6 is 27.3 Å². The molecule has 1 amide bonds. The Kier molecular flexibility index (Phi) is 4.30. The van der Waals surface area contributed by atoms with Crippen LogP contribution in [0.4, 0.5) is 5.00 Å². The minimum Gasteiger partial charge on any atom is -0.303 e. The third-order valence-corrected chi connectivity index (χ3v) is 4.28. The van der Waals surface area contributed by atoms with Gasteiger partial charge in [0.05, 0.1) is 23.2 Å². The Labute approximate surface area is 123 Å². The van der Waals surface area contributed by atoms with E-state index in [1.165, 1.54) is 11.3 Å². The van der Waals surface area contributed by atoms with Gasteiger partial charge in [0, 0.05) is 28.7 Å². The number of amides is 1. The summed E-state index contributed by atoms with van der Waals surface area (Å²) in [6, 6.07) is 7.22. The molecular formula is C13H10BrN3OS.